The third-order valence-corrected chi connectivity index (χ3v) is 3.50. The van der Waals surface area contributed by atoms with E-state index in [0.717, 1.165) is 37.2 Å². The SMILES string of the molecule is CC[C@@H](c1cccc(Br)n1)N1CCNCC1.Cl.Cl. The minimum atomic E-state index is 0. The third kappa shape index (κ3) is 4.67. The van der Waals surface area contributed by atoms with Gasteiger partial charge in [0.25, 0.3) is 0 Å². The number of hydrogen-bond donors (Lipinski definition) is 1. The molecule has 2 heterocycles. The first-order valence-electron chi connectivity index (χ1n) is 5.88. The second kappa shape index (κ2) is 9.10. The quantitative estimate of drug-likeness (QED) is 0.843. The summed E-state index contributed by atoms with van der Waals surface area (Å²) in [6.45, 7) is 6.64. The largest absolute Gasteiger partial charge is 0.314 e. The maximum Gasteiger partial charge on any atom is 0.106 e. The molecule has 0 unspecified atom stereocenters. The van der Waals surface area contributed by atoms with Gasteiger partial charge in [-0.1, -0.05) is 13.0 Å². The molecule has 0 radical (unpaired) electrons. The number of nitrogens with one attached hydrogen (secondary N) is 1. The average Bonchev–Trinajstić information content (AvgIpc) is 2.31. The lowest BCUT2D eigenvalue weighted by Crippen LogP contribution is -2.45. The van der Waals surface area contributed by atoms with Crippen LogP contribution in [0, 0.1) is 0 Å². The van der Waals surface area contributed by atoms with Gasteiger partial charge in [-0.3, -0.25) is 4.90 Å². The molecule has 1 aliphatic rings. The van der Waals surface area contributed by atoms with Gasteiger partial charge in [0, 0.05) is 26.2 Å². The van der Waals surface area contributed by atoms with E-state index in [1.165, 1.54) is 5.69 Å². The van der Waals surface area contributed by atoms with Gasteiger partial charge in [0.2, 0.25) is 0 Å². The lowest BCUT2D eigenvalue weighted by molar-refractivity contribution is 0.166. The van der Waals surface area contributed by atoms with E-state index in [0.29, 0.717) is 6.04 Å². The zero-order chi connectivity index (χ0) is 11.4. The standard InChI is InChI=1S/C12H18BrN3.2ClH/c1-2-11(16-8-6-14-7-9-16)10-4-3-5-12(13)15-10;;/h3-5,11,14H,2,6-9H2,1H3;2*1H/t11-;;/m0../s1. The molecule has 0 bridgehead atoms. The molecule has 0 aliphatic carbocycles. The molecule has 1 N–H and O–H groups in total. The molecule has 1 aromatic heterocycles. The van der Waals surface area contributed by atoms with E-state index in [4.69, 9.17) is 0 Å². The topological polar surface area (TPSA) is 28.2 Å². The summed E-state index contributed by atoms with van der Waals surface area (Å²) in [5.41, 5.74) is 1.18. The molecular weight excluding hydrogens is 337 g/mol. The van der Waals surface area contributed by atoms with Crippen LogP contribution < -0.4 is 5.32 Å². The van der Waals surface area contributed by atoms with Gasteiger partial charge in [0.1, 0.15) is 4.60 Å². The fourth-order valence-electron chi connectivity index (χ4n) is 2.26. The van der Waals surface area contributed by atoms with Crippen LogP contribution in [0.25, 0.3) is 0 Å². The van der Waals surface area contributed by atoms with Crippen molar-refractivity contribution in [2.45, 2.75) is 19.4 Å². The number of halogens is 3. The fourth-order valence-corrected chi connectivity index (χ4v) is 2.62. The highest BCUT2D eigenvalue weighted by Gasteiger charge is 2.21. The van der Waals surface area contributed by atoms with Crippen LogP contribution in [-0.2, 0) is 0 Å². The minimum Gasteiger partial charge on any atom is -0.314 e. The lowest BCUT2D eigenvalue weighted by atomic mass is 10.1. The van der Waals surface area contributed by atoms with Crippen molar-refractivity contribution < 1.29 is 0 Å². The number of aromatic nitrogens is 1. The Labute approximate surface area is 130 Å². The number of pyridine rings is 1. The van der Waals surface area contributed by atoms with Gasteiger partial charge in [0.05, 0.1) is 11.7 Å². The molecule has 104 valence electrons. The average molecular weight is 357 g/mol. The van der Waals surface area contributed by atoms with Crippen molar-refractivity contribution in [1.82, 2.24) is 15.2 Å². The summed E-state index contributed by atoms with van der Waals surface area (Å²) in [6, 6.07) is 6.63. The highest BCUT2D eigenvalue weighted by molar-refractivity contribution is 9.10. The molecule has 1 aliphatic heterocycles. The Morgan fingerprint density at radius 2 is 2.00 bits per heavy atom. The normalized spacial score (nSPS) is 17.4. The van der Waals surface area contributed by atoms with Gasteiger partial charge in [-0.15, -0.1) is 24.8 Å². The van der Waals surface area contributed by atoms with Gasteiger partial charge in [0.15, 0.2) is 0 Å². The van der Waals surface area contributed by atoms with Crippen LogP contribution in [0.4, 0.5) is 0 Å². The second-order valence-electron chi connectivity index (χ2n) is 4.10. The Kier molecular flexibility index (Phi) is 9.17. The molecule has 0 aromatic carbocycles. The number of rotatable bonds is 3. The molecule has 1 fully saturated rings. The molecular formula is C12H20BrCl2N3. The summed E-state index contributed by atoms with van der Waals surface area (Å²) in [4.78, 5) is 7.09. The van der Waals surface area contributed by atoms with E-state index in [2.05, 4.69) is 50.2 Å². The molecule has 3 nitrogen and oxygen atoms in total. The molecule has 1 saturated heterocycles. The zero-order valence-electron chi connectivity index (χ0n) is 10.4. The zero-order valence-corrected chi connectivity index (χ0v) is 13.7. The van der Waals surface area contributed by atoms with Crippen LogP contribution in [0.5, 0.6) is 0 Å². The van der Waals surface area contributed by atoms with Gasteiger partial charge >= 0.3 is 0 Å². The van der Waals surface area contributed by atoms with Crippen molar-refractivity contribution in [3.05, 3.63) is 28.5 Å². The summed E-state index contributed by atoms with van der Waals surface area (Å²) < 4.78 is 0.929. The summed E-state index contributed by atoms with van der Waals surface area (Å²) >= 11 is 3.44. The van der Waals surface area contributed by atoms with Crippen molar-refractivity contribution in [2.24, 2.45) is 0 Å². The van der Waals surface area contributed by atoms with Crippen LogP contribution in [-0.4, -0.2) is 36.1 Å². The Balaban J connectivity index is 0.00000144. The number of hydrogen-bond acceptors (Lipinski definition) is 3. The highest BCUT2D eigenvalue weighted by Crippen LogP contribution is 2.23. The molecule has 0 amide bonds. The van der Waals surface area contributed by atoms with E-state index in [-0.39, 0.29) is 24.8 Å². The molecule has 1 atom stereocenters. The highest BCUT2D eigenvalue weighted by atomic mass is 79.9. The number of nitrogens with zero attached hydrogens (tertiary/aromatic N) is 2. The number of piperazine rings is 1. The predicted molar refractivity (Wildman–Crippen MR) is 83.9 cm³/mol. The molecule has 2 rings (SSSR count). The second-order valence-corrected chi connectivity index (χ2v) is 4.91. The maximum absolute atomic E-state index is 4.57. The van der Waals surface area contributed by atoms with Crippen LogP contribution >= 0.6 is 40.7 Å². The first kappa shape index (κ1) is 18.1. The molecule has 18 heavy (non-hydrogen) atoms. The van der Waals surface area contributed by atoms with Gasteiger partial charge in [-0.25, -0.2) is 4.98 Å². The smallest absolute Gasteiger partial charge is 0.106 e. The Morgan fingerprint density at radius 3 is 2.56 bits per heavy atom. The van der Waals surface area contributed by atoms with E-state index in [1.54, 1.807) is 0 Å². The monoisotopic (exact) mass is 355 g/mol. The molecule has 0 saturated carbocycles. The Bertz CT molecular complexity index is 346. The van der Waals surface area contributed by atoms with E-state index in [9.17, 15) is 0 Å². The Morgan fingerprint density at radius 1 is 1.33 bits per heavy atom. The summed E-state index contributed by atoms with van der Waals surface area (Å²) in [7, 11) is 0. The van der Waals surface area contributed by atoms with Gasteiger partial charge in [-0.2, -0.15) is 0 Å². The first-order chi connectivity index (χ1) is 7.81. The minimum absolute atomic E-state index is 0. The lowest BCUT2D eigenvalue weighted by Gasteiger charge is -2.34. The van der Waals surface area contributed by atoms with Crippen LogP contribution in [0.3, 0.4) is 0 Å². The molecule has 0 spiro atoms. The third-order valence-electron chi connectivity index (χ3n) is 3.06. The first-order valence-corrected chi connectivity index (χ1v) is 6.68. The van der Waals surface area contributed by atoms with Crippen molar-refractivity contribution >= 4 is 40.7 Å². The Hall–Kier alpha value is 0.130. The molecule has 1 aromatic rings. The van der Waals surface area contributed by atoms with Crippen molar-refractivity contribution in [3.8, 4) is 0 Å². The van der Waals surface area contributed by atoms with Crippen LogP contribution in [0.1, 0.15) is 25.1 Å². The van der Waals surface area contributed by atoms with Crippen molar-refractivity contribution in [2.75, 3.05) is 26.2 Å². The predicted octanol–water partition coefficient (Wildman–Crippen LogP) is 3.04. The van der Waals surface area contributed by atoms with E-state index >= 15 is 0 Å². The summed E-state index contributed by atoms with van der Waals surface area (Å²) in [6.07, 6.45) is 1.11. The molecule has 6 heteroatoms. The van der Waals surface area contributed by atoms with Gasteiger partial charge < -0.3 is 5.32 Å². The fraction of sp³-hybridized carbons (Fsp3) is 0.583. The van der Waals surface area contributed by atoms with Crippen LogP contribution in [0.2, 0.25) is 0 Å². The maximum atomic E-state index is 4.57. The summed E-state index contributed by atoms with van der Waals surface area (Å²) in [5, 5.41) is 3.39. The van der Waals surface area contributed by atoms with Crippen molar-refractivity contribution in [3.63, 3.8) is 0 Å². The van der Waals surface area contributed by atoms with Crippen LogP contribution in [0.15, 0.2) is 22.8 Å². The summed E-state index contributed by atoms with van der Waals surface area (Å²) in [5.74, 6) is 0. The van der Waals surface area contributed by atoms with E-state index in [1.807, 2.05) is 6.07 Å². The van der Waals surface area contributed by atoms with Crippen molar-refractivity contribution in [1.29, 1.82) is 0 Å². The van der Waals surface area contributed by atoms with E-state index < -0.39 is 0 Å². The van der Waals surface area contributed by atoms with Gasteiger partial charge in [-0.05, 0) is 34.5 Å².